The molecule has 1 aliphatic heterocycles. The first kappa shape index (κ1) is 13.4. The lowest BCUT2D eigenvalue weighted by Gasteiger charge is -2.13. The average molecular weight is 309 g/mol. The zero-order valence-electron chi connectivity index (χ0n) is 12.2. The molecule has 3 heterocycles. The van der Waals surface area contributed by atoms with Crippen molar-refractivity contribution in [1.29, 1.82) is 0 Å². The van der Waals surface area contributed by atoms with Crippen molar-refractivity contribution in [2.45, 2.75) is 6.54 Å². The number of aromatic nitrogens is 3. The van der Waals surface area contributed by atoms with E-state index in [-0.39, 0.29) is 5.56 Å². The summed E-state index contributed by atoms with van der Waals surface area (Å²) in [6, 6.07) is 9.77. The van der Waals surface area contributed by atoms with E-state index in [1.165, 1.54) is 0 Å². The summed E-state index contributed by atoms with van der Waals surface area (Å²) in [5, 5.41) is 14.7. The molecule has 0 saturated heterocycles. The van der Waals surface area contributed by atoms with Gasteiger partial charge in [-0.2, -0.15) is 10.2 Å². The van der Waals surface area contributed by atoms with Crippen molar-refractivity contribution in [1.82, 2.24) is 25.5 Å². The Morgan fingerprint density at radius 3 is 3.13 bits per heavy atom. The largest absolute Gasteiger partial charge is 0.338 e. The first-order valence-corrected chi connectivity index (χ1v) is 7.21. The molecule has 0 fully saturated rings. The highest BCUT2D eigenvalue weighted by Crippen LogP contribution is 2.21. The topological polar surface area (TPSA) is 101 Å². The molecule has 0 radical (unpaired) electrons. The minimum absolute atomic E-state index is 0.172. The number of hydrogen-bond donors (Lipinski definition) is 4. The molecule has 4 rings (SSSR count). The monoisotopic (exact) mass is 309 g/mol. The molecule has 8 nitrogen and oxygen atoms in total. The second kappa shape index (κ2) is 5.48. The molecule has 0 saturated carbocycles. The minimum Gasteiger partial charge on any atom is -0.338 e. The van der Waals surface area contributed by atoms with E-state index < -0.39 is 0 Å². The predicted molar refractivity (Wildman–Crippen MR) is 88.5 cm³/mol. The zero-order chi connectivity index (χ0) is 15.6. The van der Waals surface area contributed by atoms with Crippen molar-refractivity contribution in [3.05, 3.63) is 52.4 Å². The smallest absolute Gasteiger partial charge is 0.261 e. The number of rotatable bonds is 4. The molecule has 0 aliphatic carbocycles. The fourth-order valence-electron chi connectivity index (χ4n) is 2.58. The summed E-state index contributed by atoms with van der Waals surface area (Å²) in [6.45, 7) is 1.46. The van der Waals surface area contributed by atoms with Gasteiger partial charge >= 0.3 is 0 Å². The molecule has 0 amide bonds. The SMILES string of the molecule is O=c1[nH]ccc2[nH]nc(Nc3cccc(CN4C=NNC4)c3)c12. The van der Waals surface area contributed by atoms with Crippen molar-refractivity contribution < 1.29 is 0 Å². The van der Waals surface area contributed by atoms with Crippen LogP contribution in [0.3, 0.4) is 0 Å². The van der Waals surface area contributed by atoms with E-state index in [0.717, 1.165) is 17.8 Å². The maximum Gasteiger partial charge on any atom is 0.261 e. The fourth-order valence-corrected chi connectivity index (χ4v) is 2.58. The quantitative estimate of drug-likeness (QED) is 0.582. The third-order valence-electron chi connectivity index (χ3n) is 3.65. The number of benzene rings is 1. The van der Waals surface area contributed by atoms with Gasteiger partial charge in [0.25, 0.3) is 5.56 Å². The normalized spacial score (nSPS) is 13.5. The Hall–Kier alpha value is -3.29. The van der Waals surface area contributed by atoms with Gasteiger partial charge in [-0.25, -0.2) is 0 Å². The molecule has 3 aromatic rings. The van der Waals surface area contributed by atoms with Gasteiger partial charge in [0, 0.05) is 18.4 Å². The van der Waals surface area contributed by atoms with E-state index in [4.69, 9.17) is 0 Å². The van der Waals surface area contributed by atoms with Crippen LogP contribution in [0.2, 0.25) is 0 Å². The standard InChI is InChI=1S/C15H15N7O/c23-15-13-12(4-5-16-15)20-21-14(13)19-11-3-1-2-10(6-11)7-22-8-17-18-9-22/h1-6,8,18H,7,9H2,(H,16,23)(H2,19,20,21). The fraction of sp³-hybridized carbons (Fsp3) is 0.133. The van der Waals surface area contributed by atoms with Crippen LogP contribution in [0.5, 0.6) is 0 Å². The lowest BCUT2D eigenvalue weighted by atomic mass is 10.2. The number of pyridine rings is 1. The van der Waals surface area contributed by atoms with E-state index in [2.05, 4.69) is 35.9 Å². The van der Waals surface area contributed by atoms with Gasteiger partial charge in [0.1, 0.15) is 18.4 Å². The van der Waals surface area contributed by atoms with Crippen molar-refractivity contribution in [3.8, 4) is 0 Å². The third kappa shape index (κ3) is 2.61. The predicted octanol–water partition coefficient (Wildman–Crippen LogP) is 1.30. The Balaban J connectivity index is 1.60. The summed E-state index contributed by atoms with van der Waals surface area (Å²) in [7, 11) is 0. The molecule has 0 spiro atoms. The van der Waals surface area contributed by atoms with Crippen LogP contribution in [0.4, 0.5) is 11.5 Å². The van der Waals surface area contributed by atoms with Crippen LogP contribution in [0, 0.1) is 0 Å². The number of nitrogens with one attached hydrogen (secondary N) is 4. The molecular weight excluding hydrogens is 294 g/mol. The first-order chi connectivity index (χ1) is 11.3. The number of anilines is 2. The average Bonchev–Trinajstić information content (AvgIpc) is 3.19. The van der Waals surface area contributed by atoms with Gasteiger partial charge in [-0.15, -0.1) is 0 Å². The summed E-state index contributed by atoms with van der Waals surface area (Å²) < 4.78 is 0. The van der Waals surface area contributed by atoms with Crippen LogP contribution in [0.1, 0.15) is 5.56 Å². The summed E-state index contributed by atoms with van der Waals surface area (Å²) in [4.78, 5) is 16.7. The summed E-state index contributed by atoms with van der Waals surface area (Å²) in [5.74, 6) is 0.517. The van der Waals surface area contributed by atoms with Gasteiger partial charge in [0.15, 0.2) is 5.82 Å². The van der Waals surface area contributed by atoms with Crippen LogP contribution < -0.4 is 16.3 Å². The van der Waals surface area contributed by atoms with E-state index >= 15 is 0 Å². The van der Waals surface area contributed by atoms with Gasteiger partial charge in [0.2, 0.25) is 0 Å². The molecule has 1 aromatic carbocycles. The number of fused-ring (bicyclic) bond motifs is 1. The molecule has 2 aromatic heterocycles. The highest BCUT2D eigenvalue weighted by Gasteiger charge is 2.10. The molecule has 0 atom stereocenters. The third-order valence-corrected chi connectivity index (χ3v) is 3.65. The number of H-pyrrole nitrogens is 2. The molecular formula is C15H15N7O. The van der Waals surface area contributed by atoms with E-state index in [9.17, 15) is 4.79 Å². The van der Waals surface area contributed by atoms with Gasteiger partial charge in [-0.1, -0.05) is 12.1 Å². The van der Waals surface area contributed by atoms with Crippen molar-refractivity contribution in [3.63, 3.8) is 0 Å². The number of hydrazone groups is 1. The molecule has 0 unspecified atom stereocenters. The molecule has 116 valence electrons. The van der Waals surface area contributed by atoms with Gasteiger partial charge < -0.3 is 15.2 Å². The highest BCUT2D eigenvalue weighted by atomic mass is 16.1. The van der Waals surface area contributed by atoms with Crippen LogP contribution in [0.25, 0.3) is 10.9 Å². The molecule has 0 bridgehead atoms. The van der Waals surface area contributed by atoms with Crippen molar-refractivity contribution in [2.75, 3.05) is 12.0 Å². The number of aromatic amines is 2. The first-order valence-electron chi connectivity index (χ1n) is 7.21. The Morgan fingerprint density at radius 2 is 2.26 bits per heavy atom. The Labute approximate surface area is 131 Å². The van der Waals surface area contributed by atoms with Crippen molar-refractivity contribution in [2.24, 2.45) is 5.10 Å². The molecule has 8 heteroatoms. The highest BCUT2D eigenvalue weighted by molar-refractivity contribution is 5.90. The van der Waals surface area contributed by atoms with Gasteiger partial charge in [0.05, 0.1) is 5.52 Å². The molecule has 1 aliphatic rings. The lowest BCUT2D eigenvalue weighted by molar-refractivity contribution is 0.428. The van der Waals surface area contributed by atoms with E-state index in [1.807, 2.05) is 24.3 Å². The van der Waals surface area contributed by atoms with Gasteiger partial charge in [-0.3, -0.25) is 15.3 Å². The van der Waals surface area contributed by atoms with Crippen LogP contribution in [-0.2, 0) is 6.54 Å². The maximum atomic E-state index is 12.0. The van der Waals surface area contributed by atoms with Crippen LogP contribution in [0.15, 0.2) is 46.4 Å². The van der Waals surface area contributed by atoms with Crippen LogP contribution >= 0.6 is 0 Å². The summed E-state index contributed by atoms with van der Waals surface area (Å²) in [5.41, 5.74) is 5.44. The Bertz CT molecular complexity index is 927. The Kier molecular flexibility index (Phi) is 3.19. The zero-order valence-corrected chi connectivity index (χ0v) is 12.2. The second-order valence-corrected chi connectivity index (χ2v) is 5.30. The second-order valence-electron chi connectivity index (χ2n) is 5.30. The van der Waals surface area contributed by atoms with Crippen molar-refractivity contribution >= 4 is 28.7 Å². The minimum atomic E-state index is -0.172. The van der Waals surface area contributed by atoms with Crippen LogP contribution in [-0.4, -0.2) is 33.1 Å². The van der Waals surface area contributed by atoms with Gasteiger partial charge in [-0.05, 0) is 23.8 Å². The number of hydrogen-bond acceptors (Lipinski definition) is 6. The lowest BCUT2D eigenvalue weighted by Crippen LogP contribution is -2.22. The maximum absolute atomic E-state index is 12.0. The van der Waals surface area contributed by atoms with E-state index in [0.29, 0.717) is 23.4 Å². The molecule has 23 heavy (non-hydrogen) atoms. The summed E-state index contributed by atoms with van der Waals surface area (Å²) >= 11 is 0. The Morgan fingerprint density at radius 1 is 1.30 bits per heavy atom. The summed E-state index contributed by atoms with van der Waals surface area (Å²) in [6.07, 6.45) is 3.37. The molecule has 4 N–H and O–H groups in total. The number of nitrogens with zero attached hydrogens (tertiary/aromatic N) is 3. The van der Waals surface area contributed by atoms with E-state index in [1.54, 1.807) is 18.6 Å².